The molecule has 2 aromatic carbocycles. The highest BCUT2D eigenvalue weighted by atomic mass is 35.5. The average molecular weight is 405 g/mol. The molecule has 142 valence electrons. The number of methoxy groups -OCH3 is 1. The number of hydrogen-bond acceptors (Lipinski definition) is 5. The van der Waals surface area contributed by atoms with E-state index >= 15 is 0 Å². The predicted molar refractivity (Wildman–Crippen MR) is 111 cm³/mol. The van der Waals surface area contributed by atoms with Crippen molar-refractivity contribution in [3.05, 3.63) is 47.0 Å². The van der Waals surface area contributed by atoms with Crippen molar-refractivity contribution in [3.63, 3.8) is 0 Å². The first-order chi connectivity index (χ1) is 12.9. The fourth-order valence-corrected chi connectivity index (χ4v) is 3.97. The van der Waals surface area contributed by atoms with Crippen LogP contribution in [0.25, 0.3) is 10.2 Å². The second-order valence-corrected chi connectivity index (χ2v) is 7.59. The molecular formula is C20H21ClN2O3S. The number of aromatic nitrogens is 1. The molecule has 0 atom stereocenters. The minimum Gasteiger partial charge on any atom is -0.493 e. The Morgan fingerprint density at radius 1 is 1.30 bits per heavy atom. The number of carbonyl (C=O) groups is 1. The molecule has 1 amide bonds. The third-order valence-corrected chi connectivity index (χ3v) is 5.24. The van der Waals surface area contributed by atoms with Crippen LogP contribution < -0.4 is 14.4 Å². The number of anilines is 1. The third kappa shape index (κ3) is 4.01. The van der Waals surface area contributed by atoms with Gasteiger partial charge >= 0.3 is 0 Å². The highest BCUT2D eigenvalue weighted by Gasteiger charge is 2.23. The zero-order valence-corrected chi connectivity index (χ0v) is 17.2. The molecule has 27 heavy (non-hydrogen) atoms. The van der Waals surface area contributed by atoms with Gasteiger partial charge in [0, 0.05) is 12.1 Å². The zero-order chi connectivity index (χ0) is 19.6. The van der Waals surface area contributed by atoms with Crippen molar-refractivity contribution in [2.75, 3.05) is 18.6 Å². The number of hydrogen-bond donors (Lipinski definition) is 0. The van der Waals surface area contributed by atoms with Crippen molar-refractivity contribution in [1.82, 2.24) is 4.98 Å². The molecular weight excluding hydrogens is 384 g/mol. The molecule has 1 aromatic heterocycles. The summed E-state index contributed by atoms with van der Waals surface area (Å²) in [5.74, 6) is 0.682. The van der Waals surface area contributed by atoms with Gasteiger partial charge in [0.25, 0.3) is 5.91 Å². The minimum absolute atomic E-state index is 0.0622. The van der Waals surface area contributed by atoms with E-state index in [1.807, 2.05) is 45.0 Å². The van der Waals surface area contributed by atoms with Crippen molar-refractivity contribution < 1.29 is 14.3 Å². The van der Waals surface area contributed by atoms with E-state index in [0.29, 0.717) is 33.8 Å². The molecule has 5 nitrogen and oxygen atoms in total. The Labute approximate surface area is 167 Å². The molecule has 0 N–H and O–H groups in total. The van der Waals surface area contributed by atoms with Gasteiger partial charge < -0.3 is 9.47 Å². The van der Waals surface area contributed by atoms with E-state index in [1.165, 1.54) is 18.4 Å². The van der Waals surface area contributed by atoms with Gasteiger partial charge in [-0.3, -0.25) is 9.69 Å². The Kier molecular flexibility index (Phi) is 5.87. The number of nitrogens with zero attached hydrogens (tertiary/aromatic N) is 2. The Balaban J connectivity index is 1.98. The number of amides is 1. The highest BCUT2D eigenvalue weighted by molar-refractivity contribution is 7.22. The number of halogens is 1. The summed E-state index contributed by atoms with van der Waals surface area (Å²) in [5.41, 5.74) is 1.30. The molecule has 0 saturated carbocycles. The summed E-state index contributed by atoms with van der Waals surface area (Å²) in [6.07, 6.45) is -0.0622. The molecule has 3 rings (SSSR count). The summed E-state index contributed by atoms with van der Waals surface area (Å²) in [5, 5.41) is 0.994. The lowest BCUT2D eigenvalue weighted by molar-refractivity contribution is 0.0988. The zero-order valence-electron chi connectivity index (χ0n) is 15.7. The van der Waals surface area contributed by atoms with Gasteiger partial charge in [0.1, 0.15) is 0 Å². The summed E-state index contributed by atoms with van der Waals surface area (Å²) >= 11 is 7.85. The Hall–Kier alpha value is -2.31. The number of rotatable bonds is 6. The van der Waals surface area contributed by atoms with Crippen molar-refractivity contribution in [2.45, 2.75) is 26.9 Å². The van der Waals surface area contributed by atoms with Crippen LogP contribution in [0.2, 0.25) is 5.02 Å². The smallest absolute Gasteiger partial charge is 0.260 e. The van der Waals surface area contributed by atoms with Gasteiger partial charge in [-0.15, -0.1) is 0 Å². The van der Waals surface area contributed by atoms with E-state index in [-0.39, 0.29) is 12.0 Å². The van der Waals surface area contributed by atoms with Crippen LogP contribution in [0.15, 0.2) is 36.4 Å². The fourth-order valence-electron chi connectivity index (χ4n) is 2.69. The van der Waals surface area contributed by atoms with Crippen LogP contribution in [0.5, 0.6) is 11.5 Å². The number of benzene rings is 2. The summed E-state index contributed by atoms with van der Waals surface area (Å²) < 4.78 is 12.1. The van der Waals surface area contributed by atoms with Crippen molar-refractivity contribution in [1.29, 1.82) is 0 Å². The second kappa shape index (κ2) is 8.15. The molecule has 0 fully saturated rings. The van der Waals surface area contributed by atoms with Gasteiger partial charge in [-0.2, -0.15) is 0 Å². The van der Waals surface area contributed by atoms with E-state index in [2.05, 4.69) is 4.98 Å². The SMILES string of the molecule is CCN(C(=O)c1cc(Cl)c(OC(C)C)c(OC)c1)c1nc2ccccc2s1. The van der Waals surface area contributed by atoms with Crippen LogP contribution >= 0.6 is 22.9 Å². The number of carbonyl (C=O) groups excluding carboxylic acids is 1. The quantitative estimate of drug-likeness (QED) is 0.551. The molecule has 3 aromatic rings. The molecule has 0 aliphatic carbocycles. The maximum absolute atomic E-state index is 13.1. The third-order valence-electron chi connectivity index (χ3n) is 3.90. The van der Waals surface area contributed by atoms with Gasteiger partial charge in [-0.05, 0) is 45.0 Å². The lowest BCUT2D eigenvalue weighted by Gasteiger charge is -2.20. The van der Waals surface area contributed by atoms with E-state index in [1.54, 1.807) is 17.0 Å². The van der Waals surface area contributed by atoms with E-state index in [0.717, 1.165) is 10.2 Å². The van der Waals surface area contributed by atoms with Gasteiger partial charge in [0.2, 0.25) is 0 Å². The first kappa shape index (κ1) is 19.5. The molecule has 0 bridgehead atoms. The summed E-state index contributed by atoms with van der Waals surface area (Å²) in [7, 11) is 1.53. The van der Waals surface area contributed by atoms with Gasteiger partial charge in [-0.25, -0.2) is 4.98 Å². The number of fused-ring (bicyclic) bond motifs is 1. The highest BCUT2D eigenvalue weighted by Crippen LogP contribution is 2.38. The maximum Gasteiger partial charge on any atom is 0.260 e. The van der Waals surface area contributed by atoms with Crippen LogP contribution in [-0.2, 0) is 0 Å². The van der Waals surface area contributed by atoms with Gasteiger partial charge in [0.05, 0.1) is 28.5 Å². The molecule has 0 saturated heterocycles. The largest absolute Gasteiger partial charge is 0.493 e. The summed E-state index contributed by atoms with van der Waals surface area (Å²) in [6.45, 7) is 6.21. The Morgan fingerprint density at radius 2 is 2.04 bits per heavy atom. The van der Waals surface area contributed by atoms with Crippen LogP contribution in [-0.4, -0.2) is 30.6 Å². The summed E-state index contributed by atoms with van der Waals surface area (Å²) in [4.78, 5) is 19.4. The average Bonchev–Trinajstić information content (AvgIpc) is 3.07. The number of ether oxygens (including phenoxy) is 2. The van der Waals surface area contributed by atoms with Gasteiger partial charge in [-0.1, -0.05) is 35.1 Å². The first-order valence-corrected chi connectivity index (χ1v) is 9.85. The molecule has 7 heteroatoms. The molecule has 0 unspecified atom stereocenters. The van der Waals surface area contributed by atoms with Crippen molar-refractivity contribution in [2.24, 2.45) is 0 Å². The van der Waals surface area contributed by atoms with Crippen LogP contribution in [0, 0.1) is 0 Å². The lowest BCUT2D eigenvalue weighted by Crippen LogP contribution is -2.30. The summed E-state index contributed by atoms with van der Waals surface area (Å²) in [6, 6.07) is 11.1. The van der Waals surface area contributed by atoms with E-state index in [4.69, 9.17) is 21.1 Å². The monoisotopic (exact) mass is 404 g/mol. The normalized spacial score (nSPS) is 11.0. The fraction of sp³-hybridized carbons (Fsp3) is 0.300. The van der Waals surface area contributed by atoms with Crippen LogP contribution in [0.4, 0.5) is 5.13 Å². The number of thiazole rings is 1. The predicted octanol–water partition coefficient (Wildman–Crippen LogP) is 5.41. The maximum atomic E-state index is 13.1. The van der Waals surface area contributed by atoms with Crippen LogP contribution in [0.1, 0.15) is 31.1 Å². The van der Waals surface area contributed by atoms with Crippen LogP contribution in [0.3, 0.4) is 0 Å². The minimum atomic E-state index is -0.187. The van der Waals surface area contributed by atoms with Crippen molar-refractivity contribution in [3.8, 4) is 11.5 Å². The standard InChI is InChI=1S/C20H21ClN2O3S/c1-5-23(20-22-15-8-6-7-9-17(15)27-20)19(24)13-10-14(21)18(26-12(2)3)16(11-13)25-4/h6-12H,5H2,1-4H3. The molecule has 0 radical (unpaired) electrons. The van der Waals surface area contributed by atoms with E-state index in [9.17, 15) is 4.79 Å². The molecule has 1 heterocycles. The first-order valence-electron chi connectivity index (χ1n) is 8.66. The second-order valence-electron chi connectivity index (χ2n) is 6.17. The Bertz CT molecular complexity index is 938. The Morgan fingerprint density at radius 3 is 2.67 bits per heavy atom. The lowest BCUT2D eigenvalue weighted by atomic mass is 10.1. The number of para-hydroxylation sites is 1. The molecule has 0 aliphatic heterocycles. The van der Waals surface area contributed by atoms with E-state index < -0.39 is 0 Å². The molecule has 0 spiro atoms. The topological polar surface area (TPSA) is 51.7 Å². The van der Waals surface area contributed by atoms with Crippen molar-refractivity contribution >= 4 is 44.2 Å². The molecule has 0 aliphatic rings. The van der Waals surface area contributed by atoms with Gasteiger partial charge in [0.15, 0.2) is 16.6 Å².